The molecule has 39 heavy (non-hydrogen) atoms. The molecule has 1 aromatic heterocycles. The van der Waals surface area contributed by atoms with E-state index in [0.29, 0.717) is 0 Å². The Hall–Kier alpha value is -4.72. The Balaban J connectivity index is 1.37. The summed E-state index contributed by atoms with van der Waals surface area (Å²) in [5.74, 6) is 0. The summed E-state index contributed by atoms with van der Waals surface area (Å²) in [5.41, 5.74) is 10.5. The van der Waals surface area contributed by atoms with Crippen LogP contribution in [0.1, 0.15) is 0 Å². The Morgan fingerprint density at radius 2 is 1.10 bits per heavy atom. The van der Waals surface area contributed by atoms with Gasteiger partial charge in [-0.25, -0.2) is 0 Å². The largest absolute Gasteiger partial charge is 0.289 e. The fourth-order valence-electron chi connectivity index (χ4n) is 6.10. The molecule has 0 fully saturated rings. The van der Waals surface area contributed by atoms with Gasteiger partial charge in [0.2, 0.25) is 7.29 Å². The number of para-hydroxylation sites is 1. The number of pyridine rings is 1. The van der Waals surface area contributed by atoms with Crippen LogP contribution in [0.25, 0.3) is 44.6 Å². The maximum Gasteiger partial charge on any atom is 0.235 e. The second-order valence-corrected chi connectivity index (χ2v) is 12.5. The van der Waals surface area contributed by atoms with Gasteiger partial charge in [0, 0.05) is 33.5 Å². The number of fused-ring (bicyclic) bond motifs is 11. The van der Waals surface area contributed by atoms with E-state index in [0.717, 1.165) is 66.6 Å². The number of anilines is 2. The fourth-order valence-corrected chi connectivity index (χ4v) is 9.37. The van der Waals surface area contributed by atoms with Crippen LogP contribution in [0.5, 0.6) is 0 Å². The first-order valence-corrected chi connectivity index (χ1v) is 14.7. The quantitative estimate of drug-likeness (QED) is 0.216. The molecule has 0 bridgehead atoms. The van der Waals surface area contributed by atoms with Crippen molar-refractivity contribution in [2.45, 2.75) is 0 Å². The highest BCUT2D eigenvalue weighted by Gasteiger charge is 2.47. The lowest BCUT2D eigenvalue weighted by molar-refractivity contribution is 0.586. The number of aromatic nitrogens is 1. The Kier molecular flexibility index (Phi) is 4.79. The second-order valence-electron chi connectivity index (χ2n) is 9.97. The molecule has 0 aliphatic carbocycles. The van der Waals surface area contributed by atoms with Gasteiger partial charge in [-0.3, -0.25) is 14.2 Å². The van der Waals surface area contributed by atoms with Crippen LogP contribution >= 0.6 is 7.29 Å². The third-order valence-electron chi connectivity index (χ3n) is 7.84. The van der Waals surface area contributed by atoms with Gasteiger partial charge < -0.3 is 0 Å². The van der Waals surface area contributed by atoms with Crippen molar-refractivity contribution in [1.29, 1.82) is 0 Å². The first kappa shape index (κ1) is 22.3. The number of benzene rings is 5. The summed E-state index contributed by atoms with van der Waals surface area (Å²) < 4.78 is 17.6. The van der Waals surface area contributed by atoms with Gasteiger partial charge in [0.05, 0.1) is 17.1 Å². The summed E-state index contributed by atoms with van der Waals surface area (Å²) in [6.07, 6.45) is 1.82. The normalized spacial score (nSPS) is 16.4. The van der Waals surface area contributed by atoms with Crippen LogP contribution in [-0.4, -0.2) is 4.98 Å². The molecule has 1 unspecified atom stereocenters. The van der Waals surface area contributed by atoms with Crippen molar-refractivity contribution in [2.24, 2.45) is 0 Å². The van der Waals surface area contributed by atoms with E-state index in [9.17, 15) is 0 Å². The highest BCUT2D eigenvalue weighted by atomic mass is 31.2. The van der Waals surface area contributed by atoms with E-state index in [-0.39, 0.29) is 0 Å². The Morgan fingerprint density at radius 1 is 0.487 bits per heavy atom. The molecule has 0 radical (unpaired) electrons. The van der Waals surface area contributed by atoms with Crippen molar-refractivity contribution in [1.82, 2.24) is 4.98 Å². The Bertz CT molecular complexity index is 1960. The van der Waals surface area contributed by atoms with Gasteiger partial charge in [0.25, 0.3) is 0 Å². The summed E-state index contributed by atoms with van der Waals surface area (Å²) >= 11 is 0. The fraction of sp³-hybridized carbons (Fsp3) is 0. The van der Waals surface area contributed by atoms with Crippen LogP contribution in [0.3, 0.4) is 0 Å². The first-order valence-electron chi connectivity index (χ1n) is 13.1. The predicted molar refractivity (Wildman–Crippen MR) is 161 cm³/mol. The molecule has 0 amide bonds. The second kappa shape index (κ2) is 8.39. The smallest absolute Gasteiger partial charge is 0.235 e. The van der Waals surface area contributed by atoms with E-state index < -0.39 is 7.29 Å². The van der Waals surface area contributed by atoms with Gasteiger partial charge in [0.1, 0.15) is 0 Å². The highest BCUT2D eigenvalue weighted by molar-refractivity contribution is 7.81. The zero-order chi connectivity index (χ0) is 26.0. The third-order valence-corrected chi connectivity index (χ3v) is 10.9. The van der Waals surface area contributed by atoms with Crippen molar-refractivity contribution in [3.8, 4) is 44.6 Å². The lowest BCUT2D eigenvalue weighted by Crippen LogP contribution is -2.37. The lowest BCUT2D eigenvalue weighted by atomic mass is 9.95. The van der Waals surface area contributed by atoms with Gasteiger partial charge in [-0.1, -0.05) is 84.9 Å². The van der Waals surface area contributed by atoms with E-state index in [1.807, 2.05) is 66.9 Å². The SMILES string of the molecule is O=P12c3ccccc3-c3ccccc3N1c1ccc(-c3cccc(-c4ccccn4)c3)cc1-c1ccccc12. The monoisotopic (exact) mass is 518 g/mol. The van der Waals surface area contributed by atoms with Gasteiger partial charge in [-0.05, 0) is 70.8 Å². The van der Waals surface area contributed by atoms with Crippen LogP contribution in [0.2, 0.25) is 0 Å². The minimum Gasteiger partial charge on any atom is -0.289 e. The maximum absolute atomic E-state index is 15.5. The molecule has 0 N–H and O–H groups in total. The van der Waals surface area contributed by atoms with Crippen molar-refractivity contribution in [3.05, 3.63) is 140 Å². The topological polar surface area (TPSA) is 33.2 Å². The Morgan fingerprint density at radius 3 is 1.87 bits per heavy atom. The minimum atomic E-state index is -3.17. The minimum absolute atomic E-state index is 0.888. The zero-order valence-corrected chi connectivity index (χ0v) is 21.9. The van der Waals surface area contributed by atoms with Crippen molar-refractivity contribution in [3.63, 3.8) is 0 Å². The molecule has 184 valence electrons. The molecule has 3 heterocycles. The molecule has 2 aliphatic heterocycles. The van der Waals surface area contributed by atoms with Crippen LogP contribution in [0.4, 0.5) is 11.4 Å². The zero-order valence-electron chi connectivity index (χ0n) is 21.0. The summed E-state index contributed by atoms with van der Waals surface area (Å²) in [4.78, 5) is 4.54. The summed E-state index contributed by atoms with van der Waals surface area (Å²) in [6.45, 7) is 0. The molecular weight excluding hydrogens is 495 g/mol. The lowest BCUT2D eigenvalue weighted by Gasteiger charge is -2.44. The molecule has 2 aliphatic rings. The van der Waals surface area contributed by atoms with Crippen molar-refractivity contribution < 1.29 is 4.57 Å². The average Bonchev–Trinajstić information content (AvgIpc) is 3.02. The molecule has 5 aromatic carbocycles. The standard InChI is InChI=1S/C35H23N2OP/c38-39-34-17-5-2-13-28(34)27-12-1-4-16-32(27)37(39)33-20-19-25(23-30(33)29-14-3-6-18-35(29)39)24-10-9-11-26(22-24)31-15-7-8-21-36-31/h1-23H. The average molecular weight is 519 g/mol. The van der Waals surface area contributed by atoms with E-state index in [4.69, 9.17) is 0 Å². The molecule has 0 saturated carbocycles. The molecule has 1 atom stereocenters. The van der Waals surface area contributed by atoms with Gasteiger partial charge in [-0.2, -0.15) is 0 Å². The van der Waals surface area contributed by atoms with Gasteiger partial charge >= 0.3 is 0 Å². The van der Waals surface area contributed by atoms with Crippen molar-refractivity contribution >= 4 is 29.3 Å². The third kappa shape index (κ3) is 3.17. The number of hydrogen-bond acceptors (Lipinski definition) is 2. The van der Waals surface area contributed by atoms with Crippen molar-refractivity contribution in [2.75, 3.05) is 4.67 Å². The van der Waals surface area contributed by atoms with Crippen LogP contribution in [-0.2, 0) is 4.57 Å². The molecule has 3 nitrogen and oxygen atoms in total. The van der Waals surface area contributed by atoms with E-state index in [1.54, 1.807) is 0 Å². The molecule has 4 heteroatoms. The maximum atomic E-state index is 15.5. The highest BCUT2D eigenvalue weighted by Crippen LogP contribution is 2.65. The summed E-state index contributed by atoms with van der Waals surface area (Å²) in [6, 6.07) is 45.7. The van der Waals surface area contributed by atoms with E-state index >= 15 is 4.57 Å². The first-order chi connectivity index (χ1) is 19.2. The van der Waals surface area contributed by atoms with Gasteiger partial charge in [0.15, 0.2) is 0 Å². The van der Waals surface area contributed by atoms with E-state index in [1.165, 1.54) is 0 Å². The molecule has 8 rings (SSSR count). The number of hydrogen-bond donors (Lipinski definition) is 0. The molecule has 0 saturated heterocycles. The van der Waals surface area contributed by atoms with Gasteiger partial charge in [-0.15, -0.1) is 0 Å². The Labute approximate surface area is 227 Å². The predicted octanol–water partition coefficient (Wildman–Crippen LogP) is 8.44. The van der Waals surface area contributed by atoms with Crippen LogP contribution < -0.4 is 15.3 Å². The molecule has 6 aromatic rings. The van der Waals surface area contributed by atoms with Crippen LogP contribution in [0.15, 0.2) is 140 Å². The summed E-state index contributed by atoms with van der Waals surface area (Å²) in [5, 5.41) is 1.78. The number of nitrogens with zero attached hydrogens (tertiary/aromatic N) is 2. The molecular formula is C35H23N2OP. The van der Waals surface area contributed by atoms with Crippen LogP contribution in [0, 0.1) is 0 Å². The molecule has 0 spiro atoms. The van der Waals surface area contributed by atoms with E-state index in [2.05, 4.69) is 82.5 Å². The number of rotatable bonds is 2. The summed E-state index contributed by atoms with van der Waals surface area (Å²) in [7, 11) is -3.17.